The Labute approximate surface area is 167 Å². The highest BCUT2D eigenvalue weighted by atomic mass is 16.2. The zero-order chi connectivity index (χ0) is 20.1. The van der Waals surface area contributed by atoms with Crippen molar-refractivity contribution in [1.29, 1.82) is 0 Å². The Morgan fingerprint density at radius 1 is 1.00 bits per heavy atom. The molecule has 148 valence electrons. The fourth-order valence-electron chi connectivity index (χ4n) is 3.61. The fraction of sp³-hybridized carbons (Fsp3) is 0.391. The molecule has 1 heterocycles. The van der Waals surface area contributed by atoms with E-state index >= 15 is 0 Å². The number of rotatable bonds is 5. The summed E-state index contributed by atoms with van der Waals surface area (Å²) in [5, 5.41) is 2.90. The Hall–Kier alpha value is -2.82. The number of nitrogens with one attached hydrogen (secondary N) is 1. The van der Waals surface area contributed by atoms with E-state index in [0.29, 0.717) is 19.5 Å². The van der Waals surface area contributed by atoms with Crippen LogP contribution in [0.3, 0.4) is 0 Å². The first-order chi connectivity index (χ1) is 13.5. The van der Waals surface area contributed by atoms with Gasteiger partial charge in [0.05, 0.1) is 0 Å². The summed E-state index contributed by atoms with van der Waals surface area (Å²) in [6, 6.07) is 15.3. The van der Waals surface area contributed by atoms with Gasteiger partial charge < -0.3 is 15.1 Å². The minimum absolute atomic E-state index is 0.0337. The van der Waals surface area contributed by atoms with E-state index in [9.17, 15) is 9.59 Å². The van der Waals surface area contributed by atoms with Gasteiger partial charge in [-0.2, -0.15) is 0 Å². The number of hydrogen-bond donors (Lipinski definition) is 1. The van der Waals surface area contributed by atoms with Gasteiger partial charge in [0.2, 0.25) is 11.8 Å². The van der Waals surface area contributed by atoms with Crippen LogP contribution in [0.15, 0.2) is 48.5 Å². The van der Waals surface area contributed by atoms with E-state index in [1.807, 2.05) is 35.2 Å². The first kappa shape index (κ1) is 19.9. The van der Waals surface area contributed by atoms with Crippen LogP contribution in [0, 0.1) is 13.8 Å². The van der Waals surface area contributed by atoms with Gasteiger partial charge in [-0.15, -0.1) is 0 Å². The van der Waals surface area contributed by atoms with Crippen molar-refractivity contribution in [2.75, 3.05) is 31.1 Å². The molecule has 1 fully saturated rings. The lowest BCUT2D eigenvalue weighted by molar-refractivity contribution is -0.136. The van der Waals surface area contributed by atoms with Crippen LogP contribution < -0.4 is 10.2 Å². The largest absolute Gasteiger partial charge is 0.368 e. The molecule has 2 aromatic carbocycles. The summed E-state index contributed by atoms with van der Waals surface area (Å²) < 4.78 is 0. The molecule has 0 bridgehead atoms. The Kier molecular flexibility index (Phi) is 6.34. The molecular formula is C23H29N3O2. The molecule has 0 spiro atoms. The van der Waals surface area contributed by atoms with Gasteiger partial charge in [-0.05, 0) is 36.6 Å². The molecule has 5 nitrogen and oxygen atoms in total. The van der Waals surface area contributed by atoms with Crippen molar-refractivity contribution in [3.05, 3.63) is 65.2 Å². The molecule has 2 aromatic rings. The number of carbonyl (C=O) groups is 2. The third-order valence-corrected chi connectivity index (χ3v) is 5.30. The monoisotopic (exact) mass is 379 g/mol. The zero-order valence-corrected chi connectivity index (χ0v) is 16.9. The van der Waals surface area contributed by atoms with Gasteiger partial charge in [-0.1, -0.05) is 49.4 Å². The molecule has 28 heavy (non-hydrogen) atoms. The Morgan fingerprint density at radius 2 is 1.68 bits per heavy atom. The molecule has 1 aliphatic heterocycles. The number of hydrogen-bond acceptors (Lipinski definition) is 3. The summed E-state index contributed by atoms with van der Waals surface area (Å²) in [5.74, 6) is -0.148. The van der Waals surface area contributed by atoms with Crippen LogP contribution in [0.5, 0.6) is 0 Å². The quantitative estimate of drug-likeness (QED) is 0.868. The van der Waals surface area contributed by atoms with E-state index in [-0.39, 0.29) is 11.8 Å². The molecule has 2 amide bonds. The van der Waals surface area contributed by atoms with Crippen LogP contribution >= 0.6 is 0 Å². The molecule has 1 atom stereocenters. The minimum Gasteiger partial charge on any atom is -0.368 e. The number of aryl methyl sites for hydroxylation is 2. The highest BCUT2D eigenvalue weighted by Gasteiger charge is 2.29. The second kappa shape index (κ2) is 8.91. The number of nitrogens with zero attached hydrogens (tertiary/aromatic N) is 2. The normalized spacial score (nSPS) is 15.2. The van der Waals surface area contributed by atoms with Crippen LogP contribution in [0.25, 0.3) is 0 Å². The molecule has 1 N–H and O–H groups in total. The van der Waals surface area contributed by atoms with Crippen molar-refractivity contribution in [3.8, 4) is 0 Å². The molecule has 3 rings (SSSR count). The summed E-state index contributed by atoms with van der Waals surface area (Å²) in [6.45, 7) is 8.90. The van der Waals surface area contributed by atoms with Crippen molar-refractivity contribution in [2.45, 2.75) is 33.2 Å². The molecule has 1 unspecified atom stereocenters. The zero-order valence-electron chi connectivity index (χ0n) is 16.9. The first-order valence-electron chi connectivity index (χ1n) is 9.95. The maximum Gasteiger partial charge on any atom is 0.249 e. The molecule has 0 saturated carbocycles. The first-order valence-corrected chi connectivity index (χ1v) is 9.95. The maximum atomic E-state index is 13.2. The minimum atomic E-state index is -0.624. The third-order valence-electron chi connectivity index (χ3n) is 5.30. The molecule has 5 heteroatoms. The second-order valence-corrected chi connectivity index (χ2v) is 7.37. The molecule has 0 aromatic heterocycles. The highest BCUT2D eigenvalue weighted by Crippen LogP contribution is 2.24. The average molecular weight is 380 g/mol. The van der Waals surface area contributed by atoms with Crippen LogP contribution in [-0.2, 0) is 9.59 Å². The summed E-state index contributed by atoms with van der Waals surface area (Å²) in [7, 11) is 0. The molecular weight excluding hydrogens is 350 g/mol. The lowest BCUT2D eigenvalue weighted by Gasteiger charge is -2.38. The highest BCUT2D eigenvalue weighted by molar-refractivity contribution is 5.88. The van der Waals surface area contributed by atoms with Gasteiger partial charge in [0.15, 0.2) is 0 Å². The lowest BCUT2D eigenvalue weighted by atomic mass is 10.0. The van der Waals surface area contributed by atoms with Gasteiger partial charge in [0, 0.05) is 38.3 Å². The second-order valence-electron chi connectivity index (χ2n) is 7.37. The maximum absolute atomic E-state index is 13.2. The predicted octanol–water partition coefficient (Wildman–Crippen LogP) is 3.22. The Bertz CT molecular complexity index is 827. The van der Waals surface area contributed by atoms with Crippen molar-refractivity contribution in [2.24, 2.45) is 0 Å². The third kappa shape index (κ3) is 4.53. The van der Waals surface area contributed by atoms with Gasteiger partial charge in [0.25, 0.3) is 0 Å². The van der Waals surface area contributed by atoms with Crippen LogP contribution in [0.1, 0.15) is 36.1 Å². The fourth-order valence-corrected chi connectivity index (χ4v) is 3.61. The smallest absolute Gasteiger partial charge is 0.249 e. The summed E-state index contributed by atoms with van der Waals surface area (Å²) in [4.78, 5) is 29.4. The summed E-state index contributed by atoms with van der Waals surface area (Å²) in [5.41, 5.74) is 4.56. The summed E-state index contributed by atoms with van der Waals surface area (Å²) in [6.07, 6.45) is 0.358. The van der Waals surface area contributed by atoms with Crippen molar-refractivity contribution >= 4 is 17.5 Å². The predicted molar refractivity (Wildman–Crippen MR) is 112 cm³/mol. The molecule has 1 aliphatic rings. The number of carbonyl (C=O) groups excluding carboxylic acids is 2. The van der Waals surface area contributed by atoms with Gasteiger partial charge in [0.1, 0.15) is 6.04 Å². The van der Waals surface area contributed by atoms with E-state index in [0.717, 1.165) is 18.7 Å². The van der Waals surface area contributed by atoms with Crippen molar-refractivity contribution in [3.63, 3.8) is 0 Å². The Balaban J connectivity index is 1.71. The number of piperazine rings is 1. The van der Waals surface area contributed by atoms with Crippen molar-refractivity contribution in [1.82, 2.24) is 10.2 Å². The van der Waals surface area contributed by atoms with E-state index in [2.05, 4.69) is 42.3 Å². The Morgan fingerprint density at radius 3 is 2.32 bits per heavy atom. The molecule has 0 aliphatic carbocycles. The molecule has 1 saturated heterocycles. The number of amides is 2. The number of anilines is 1. The lowest BCUT2D eigenvalue weighted by Crippen LogP contribution is -2.52. The van der Waals surface area contributed by atoms with Crippen molar-refractivity contribution < 1.29 is 9.59 Å². The van der Waals surface area contributed by atoms with Crippen LogP contribution in [0.2, 0.25) is 0 Å². The van der Waals surface area contributed by atoms with Gasteiger partial charge in [-0.3, -0.25) is 9.59 Å². The van der Waals surface area contributed by atoms with Crippen LogP contribution in [-0.4, -0.2) is 42.9 Å². The standard InChI is InChI=1S/C23H29N3O2/c1-4-21(27)24-22(19-8-6-5-7-9-19)23(28)26-14-12-25(13-15-26)20-16-17(2)10-11-18(20)3/h5-11,16,22H,4,12-15H2,1-3H3,(H,24,27). The average Bonchev–Trinajstić information content (AvgIpc) is 2.74. The van der Waals surface area contributed by atoms with E-state index in [4.69, 9.17) is 0 Å². The topological polar surface area (TPSA) is 52.7 Å². The molecule has 0 radical (unpaired) electrons. The van der Waals surface area contributed by atoms with E-state index < -0.39 is 6.04 Å². The van der Waals surface area contributed by atoms with Gasteiger partial charge >= 0.3 is 0 Å². The van der Waals surface area contributed by atoms with E-state index in [1.54, 1.807) is 6.92 Å². The SMILES string of the molecule is CCC(=O)NC(C(=O)N1CCN(c2cc(C)ccc2C)CC1)c1ccccc1. The summed E-state index contributed by atoms with van der Waals surface area (Å²) >= 11 is 0. The number of benzene rings is 2. The van der Waals surface area contributed by atoms with Gasteiger partial charge in [-0.25, -0.2) is 0 Å². The van der Waals surface area contributed by atoms with E-state index in [1.165, 1.54) is 16.8 Å². The van der Waals surface area contributed by atoms with Crippen LogP contribution in [0.4, 0.5) is 5.69 Å².